The maximum absolute atomic E-state index is 12.5. The second-order valence-electron chi connectivity index (χ2n) is 6.78. The van der Waals surface area contributed by atoms with Crippen molar-refractivity contribution in [3.63, 3.8) is 0 Å². The van der Waals surface area contributed by atoms with E-state index in [9.17, 15) is 14.8 Å². The van der Waals surface area contributed by atoms with Gasteiger partial charge in [0.05, 0.1) is 12.8 Å². The Morgan fingerprint density at radius 3 is 2.52 bits per heavy atom. The van der Waals surface area contributed by atoms with Crippen LogP contribution < -0.4 is 4.74 Å². The van der Waals surface area contributed by atoms with Crippen LogP contribution in [-0.4, -0.2) is 42.5 Å². The van der Waals surface area contributed by atoms with Crippen LogP contribution in [0.3, 0.4) is 0 Å². The topological polar surface area (TPSA) is 111 Å². The van der Waals surface area contributed by atoms with E-state index < -0.39 is 22.2 Å². The maximum Gasteiger partial charge on any atom is 0.151 e. The van der Waals surface area contributed by atoms with Crippen molar-refractivity contribution >= 4 is 28.7 Å². The molecule has 2 atom stereocenters. The second-order valence-corrected chi connectivity index (χ2v) is 9.08. The van der Waals surface area contributed by atoms with Crippen LogP contribution in [0.5, 0.6) is 11.5 Å². The molecule has 0 saturated carbocycles. The molecule has 146 valence electrons. The fraction of sp³-hybridized carbons (Fsp3) is 0.389. The summed E-state index contributed by atoms with van der Waals surface area (Å²) >= 11 is 4.14. The standard InChI is InChI=1S/C18H22ClN3O4S/c1-18(2,3)27(25)22-14(12-6-5-11(26-4)9-15(12)23)10-16(24)13-7-8-17(19)21-20-13/h5-9,16,23-24H,10H2,1-4H3/t16-,27?/m0/s1. The molecule has 2 aromatic rings. The van der Waals surface area contributed by atoms with Crippen LogP contribution >= 0.6 is 11.6 Å². The quantitative estimate of drug-likeness (QED) is 0.557. The Balaban J connectivity index is 2.41. The molecule has 0 saturated heterocycles. The average Bonchev–Trinajstić information content (AvgIpc) is 2.60. The van der Waals surface area contributed by atoms with E-state index in [1.807, 2.05) is 0 Å². The predicted molar refractivity (Wildman–Crippen MR) is 106 cm³/mol. The first kappa shape index (κ1) is 21.4. The van der Waals surface area contributed by atoms with Gasteiger partial charge in [-0.3, -0.25) is 0 Å². The van der Waals surface area contributed by atoms with Gasteiger partial charge in [-0.15, -0.1) is 5.10 Å². The van der Waals surface area contributed by atoms with Crippen molar-refractivity contribution in [2.75, 3.05) is 7.11 Å². The number of aromatic hydroxyl groups is 1. The lowest BCUT2D eigenvalue weighted by atomic mass is 10.0. The largest absolute Gasteiger partial charge is 0.591 e. The lowest BCUT2D eigenvalue weighted by Crippen LogP contribution is -2.27. The molecule has 0 radical (unpaired) electrons. The van der Waals surface area contributed by atoms with Gasteiger partial charge in [0.15, 0.2) is 5.15 Å². The van der Waals surface area contributed by atoms with Gasteiger partial charge in [0.1, 0.15) is 39.4 Å². The van der Waals surface area contributed by atoms with Gasteiger partial charge in [-0.1, -0.05) is 16.0 Å². The molecule has 0 fully saturated rings. The molecule has 1 unspecified atom stereocenters. The molecule has 0 amide bonds. The lowest BCUT2D eigenvalue weighted by Gasteiger charge is -2.20. The van der Waals surface area contributed by atoms with Gasteiger partial charge in [0, 0.05) is 18.1 Å². The Kier molecular flexibility index (Phi) is 7.05. The highest BCUT2D eigenvalue weighted by Gasteiger charge is 2.29. The fourth-order valence-corrected chi connectivity index (χ4v) is 2.86. The zero-order valence-electron chi connectivity index (χ0n) is 15.5. The Morgan fingerprint density at radius 1 is 1.30 bits per heavy atom. The molecule has 1 heterocycles. The highest BCUT2D eigenvalue weighted by molar-refractivity contribution is 7.91. The Morgan fingerprint density at radius 2 is 2.00 bits per heavy atom. The van der Waals surface area contributed by atoms with Crippen molar-refractivity contribution in [2.24, 2.45) is 4.40 Å². The van der Waals surface area contributed by atoms with Crippen LogP contribution in [0.1, 0.15) is 44.6 Å². The highest BCUT2D eigenvalue weighted by Crippen LogP contribution is 2.29. The molecule has 1 aromatic heterocycles. The van der Waals surface area contributed by atoms with E-state index in [-0.39, 0.29) is 23.0 Å². The number of phenolic OH excluding ortho intramolecular Hbond substituents is 1. The van der Waals surface area contributed by atoms with Crippen molar-refractivity contribution < 1.29 is 19.5 Å². The summed E-state index contributed by atoms with van der Waals surface area (Å²) in [6.45, 7) is 5.37. The van der Waals surface area contributed by atoms with Gasteiger partial charge in [-0.25, -0.2) is 0 Å². The third-order valence-electron chi connectivity index (χ3n) is 3.61. The van der Waals surface area contributed by atoms with Gasteiger partial charge in [0.25, 0.3) is 0 Å². The maximum atomic E-state index is 12.5. The minimum absolute atomic E-state index is 0.0159. The predicted octanol–water partition coefficient (Wildman–Crippen LogP) is 3.22. The third kappa shape index (κ3) is 5.80. The van der Waals surface area contributed by atoms with E-state index in [4.69, 9.17) is 16.3 Å². The number of benzene rings is 1. The van der Waals surface area contributed by atoms with E-state index in [1.54, 1.807) is 39.0 Å². The lowest BCUT2D eigenvalue weighted by molar-refractivity contribution is 0.180. The fourth-order valence-electron chi connectivity index (χ4n) is 2.11. The van der Waals surface area contributed by atoms with Crippen molar-refractivity contribution in [3.05, 3.63) is 46.7 Å². The van der Waals surface area contributed by atoms with Crippen LogP contribution in [0.15, 0.2) is 34.7 Å². The molecule has 0 spiro atoms. The van der Waals surface area contributed by atoms with E-state index in [0.717, 1.165) is 0 Å². The first-order valence-corrected chi connectivity index (χ1v) is 9.64. The van der Waals surface area contributed by atoms with Crippen molar-refractivity contribution in [3.8, 4) is 11.5 Å². The molecule has 1 aromatic carbocycles. The van der Waals surface area contributed by atoms with Crippen molar-refractivity contribution in [1.29, 1.82) is 0 Å². The SMILES string of the molecule is COc1ccc(C(C[C@H](O)c2ccc(Cl)nn2)=N[S+]([O-])C(C)(C)C)c(O)c1. The Labute approximate surface area is 166 Å². The molecule has 0 aliphatic heterocycles. The third-order valence-corrected chi connectivity index (χ3v) is 5.25. The first-order chi connectivity index (χ1) is 12.6. The molecule has 2 N–H and O–H groups in total. The Bertz CT molecular complexity index is 809. The van der Waals surface area contributed by atoms with Crippen LogP contribution in [-0.2, 0) is 11.4 Å². The van der Waals surface area contributed by atoms with Gasteiger partial charge in [-0.2, -0.15) is 5.10 Å². The van der Waals surface area contributed by atoms with E-state index in [0.29, 0.717) is 17.0 Å². The molecule has 7 nitrogen and oxygen atoms in total. The summed E-state index contributed by atoms with van der Waals surface area (Å²) in [5, 5.41) is 28.6. The molecule has 9 heteroatoms. The first-order valence-electron chi connectivity index (χ1n) is 8.16. The number of methoxy groups -OCH3 is 1. The number of aliphatic hydroxyl groups is 1. The van der Waals surface area contributed by atoms with Gasteiger partial charge < -0.3 is 19.5 Å². The molecule has 2 rings (SSSR count). The average molecular weight is 412 g/mol. The van der Waals surface area contributed by atoms with Crippen LogP contribution in [0, 0.1) is 0 Å². The second kappa shape index (κ2) is 8.88. The smallest absolute Gasteiger partial charge is 0.151 e. The minimum Gasteiger partial charge on any atom is -0.591 e. The molecule has 27 heavy (non-hydrogen) atoms. The van der Waals surface area contributed by atoms with Gasteiger partial charge in [0.2, 0.25) is 0 Å². The zero-order chi connectivity index (χ0) is 20.2. The van der Waals surface area contributed by atoms with Crippen LogP contribution in [0.25, 0.3) is 0 Å². The van der Waals surface area contributed by atoms with E-state index in [2.05, 4.69) is 14.6 Å². The van der Waals surface area contributed by atoms with Crippen LogP contribution in [0.2, 0.25) is 5.15 Å². The summed E-state index contributed by atoms with van der Waals surface area (Å²) < 4.78 is 21.3. The van der Waals surface area contributed by atoms with Gasteiger partial charge >= 0.3 is 0 Å². The summed E-state index contributed by atoms with van der Waals surface area (Å²) in [4.78, 5) is 0. The summed E-state index contributed by atoms with van der Waals surface area (Å²) in [5.74, 6) is 0.380. The molecular weight excluding hydrogens is 390 g/mol. The molecule has 0 bridgehead atoms. The highest BCUT2D eigenvalue weighted by atomic mass is 35.5. The minimum atomic E-state index is -1.58. The number of rotatable bonds is 6. The molecular formula is C18H22ClN3O4S. The number of aliphatic hydroxyl groups excluding tert-OH is 1. The number of aromatic nitrogens is 2. The van der Waals surface area contributed by atoms with E-state index in [1.165, 1.54) is 19.2 Å². The summed E-state index contributed by atoms with van der Waals surface area (Å²) in [5.41, 5.74) is 0.934. The number of hydrogen-bond acceptors (Lipinski definition) is 7. The Hall–Kier alpha value is -1.87. The molecule has 0 aliphatic rings. The summed E-state index contributed by atoms with van der Waals surface area (Å²) in [6, 6.07) is 7.75. The zero-order valence-corrected chi connectivity index (χ0v) is 17.1. The van der Waals surface area contributed by atoms with Gasteiger partial charge in [-0.05, 0) is 45.0 Å². The number of hydrogen-bond donors (Lipinski definition) is 2. The number of nitrogens with zero attached hydrogens (tertiary/aromatic N) is 3. The van der Waals surface area contributed by atoms with Crippen molar-refractivity contribution in [2.45, 2.75) is 38.0 Å². The van der Waals surface area contributed by atoms with Crippen molar-refractivity contribution in [1.82, 2.24) is 10.2 Å². The van der Waals surface area contributed by atoms with E-state index >= 15 is 0 Å². The van der Waals surface area contributed by atoms with Crippen LogP contribution in [0.4, 0.5) is 0 Å². The number of halogens is 1. The monoisotopic (exact) mass is 411 g/mol. The normalized spacial score (nSPS) is 14.7. The summed E-state index contributed by atoms with van der Waals surface area (Å²) in [6.07, 6.45) is -1.08. The summed E-state index contributed by atoms with van der Waals surface area (Å²) in [7, 11) is 1.49. The number of phenols is 1. The molecule has 0 aliphatic carbocycles. The number of ether oxygens (including phenoxy) is 1.